The summed E-state index contributed by atoms with van der Waals surface area (Å²) in [5, 5.41) is 14.2. The number of hydrogen-bond acceptors (Lipinski definition) is 5. The van der Waals surface area contributed by atoms with E-state index >= 15 is 0 Å². The second-order valence-electron chi connectivity index (χ2n) is 5.77. The highest BCUT2D eigenvalue weighted by atomic mass is 35.5. The van der Waals surface area contributed by atoms with Crippen LogP contribution in [0.2, 0.25) is 0 Å². The fraction of sp³-hybridized carbons (Fsp3) is 0.278. The molecule has 0 amide bonds. The van der Waals surface area contributed by atoms with E-state index in [-0.39, 0.29) is 23.9 Å². The molecule has 0 spiro atoms. The first-order valence-corrected chi connectivity index (χ1v) is 7.76. The van der Waals surface area contributed by atoms with Crippen molar-refractivity contribution < 1.29 is 9.72 Å². The highest BCUT2D eigenvalue weighted by Crippen LogP contribution is 2.25. The van der Waals surface area contributed by atoms with Crippen molar-refractivity contribution in [3.8, 4) is 0 Å². The highest BCUT2D eigenvalue weighted by Gasteiger charge is 2.18. The van der Waals surface area contributed by atoms with E-state index in [2.05, 4.69) is 10.2 Å². The van der Waals surface area contributed by atoms with Gasteiger partial charge in [-0.1, -0.05) is 30.3 Å². The first kappa shape index (κ1) is 20.6. The van der Waals surface area contributed by atoms with Crippen molar-refractivity contribution in [1.82, 2.24) is 4.90 Å². The van der Waals surface area contributed by atoms with Crippen LogP contribution in [0.4, 0.5) is 11.4 Å². The van der Waals surface area contributed by atoms with Crippen LogP contribution in [-0.4, -0.2) is 42.8 Å². The quantitative estimate of drug-likeness (QED) is 0.335. The van der Waals surface area contributed by atoms with Crippen molar-refractivity contribution in [3.63, 3.8) is 0 Å². The van der Waals surface area contributed by atoms with E-state index in [4.69, 9.17) is 0 Å². The maximum absolute atomic E-state index is 12.7. The summed E-state index contributed by atoms with van der Waals surface area (Å²) in [5.41, 5.74) is 1.36. The van der Waals surface area contributed by atoms with Gasteiger partial charge in [0.2, 0.25) is 0 Å². The van der Waals surface area contributed by atoms with Crippen LogP contribution in [0, 0.1) is 10.1 Å². The number of benzene rings is 2. The molecule has 0 unspecified atom stereocenters. The largest absolute Gasteiger partial charge is 0.384 e. The predicted molar refractivity (Wildman–Crippen MR) is 102 cm³/mol. The fourth-order valence-electron chi connectivity index (χ4n) is 2.35. The molecule has 2 aromatic carbocycles. The molecule has 0 aromatic heterocycles. The van der Waals surface area contributed by atoms with Crippen molar-refractivity contribution in [2.24, 2.45) is 0 Å². The van der Waals surface area contributed by atoms with Crippen LogP contribution >= 0.6 is 12.4 Å². The Morgan fingerprint density at radius 3 is 2.44 bits per heavy atom. The third kappa shape index (κ3) is 5.85. The molecule has 0 aliphatic carbocycles. The van der Waals surface area contributed by atoms with Crippen molar-refractivity contribution in [3.05, 3.63) is 69.8 Å². The SMILES string of the molecule is CN(C)CCCNc1ccc([N+](=O)[O-])cc1C(=O)c1ccccc1.Cl. The number of rotatable bonds is 8. The topological polar surface area (TPSA) is 75.5 Å². The van der Waals surface area contributed by atoms with E-state index in [1.165, 1.54) is 12.1 Å². The fourth-order valence-corrected chi connectivity index (χ4v) is 2.35. The van der Waals surface area contributed by atoms with Crippen LogP contribution in [0.25, 0.3) is 0 Å². The maximum Gasteiger partial charge on any atom is 0.270 e. The molecule has 6 nitrogen and oxygen atoms in total. The minimum Gasteiger partial charge on any atom is -0.384 e. The number of non-ortho nitro benzene ring substituents is 1. The van der Waals surface area contributed by atoms with Gasteiger partial charge in [0.1, 0.15) is 0 Å². The Morgan fingerprint density at radius 2 is 1.84 bits per heavy atom. The number of nitro benzene ring substituents is 1. The second-order valence-corrected chi connectivity index (χ2v) is 5.77. The first-order chi connectivity index (χ1) is 11.5. The Labute approximate surface area is 153 Å². The van der Waals surface area contributed by atoms with Crippen molar-refractivity contribution >= 4 is 29.6 Å². The van der Waals surface area contributed by atoms with E-state index in [9.17, 15) is 14.9 Å². The van der Waals surface area contributed by atoms with Gasteiger partial charge in [-0.15, -0.1) is 12.4 Å². The van der Waals surface area contributed by atoms with E-state index in [0.717, 1.165) is 13.0 Å². The Morgan fingerprint density at radius 1 is 1.16 bits per heavy atom. The smallest absolute Gasteiger partial charge is 0.270 e. The molecule has 2 rings (SSSR count). The zero-order chi connectivity index (χ0) is 17.5. The van der Waals surface area contributed by atoms with E-state index in [0.29, 0.717) is 23.4 Å². The zero-order valence-electron chi connectivity index (χ0n) is 14.3. The monoisotopic (exact) mass is 363 g/mol. The Hall–Kier alpha value is -2.44. The number of carbonyl (C=O) groups excluding carboxylic acids is 1. The molecule has 0 heterocycles. The average Bonchev–Trinajstić information content (AvgIpc) is 2.58. The molecule has 2 aromatic rings. The van der Waals surface area contributed by atoms with Crippen LogP contribution in [0.3, 0.4) is 0 Å². The molecule has 0 saturated carbocycles. The Kier molecular flexibility index (Phi) is 8.04. The van der Waals surface area contributed by atoms with Gasteiger partial charge in [0.15, 0.2) is 5.78 Å². The lowest BCUT2D eigenvalue weighted by atomic mass is 10.0. The van der Waals surface area contributed by atoms with Gasteiger partial charge in [-0.25, -0.2) is 0 Å². The van der Waals surface area contributed by atoms with Gasteiger partial charge >= 0.3 is 0 Å². The predicted octanol–water partition coefficient (Wildman–Crippen LogP) is 3.61. The van der Waals surface area contributed by atoms with Crippen molar-refractivity contribution in [2.75, 3.05) is 32.5 Å². The molecule has 0 fully saturated rings. The van der Waals surface area contributed by atoms with Gasteiger partial charge in [0, 0.05) is 29.9 Å². The van der Waals surface area contributed by atoms with Crippen molar-refractivity contribution in [1.29, 1.82) is 0 Å². The number of nitro groups is 1. The summed E-state index contributed by atoms with van der Waals surface area (Å²) in [6.07, 6.45) is 0.906. The van der Waals surface area contributed by atoms with Crippen LogP contribution in [0.5, 0.6) is 0 Å². The zero-order valence-corrected chi connectivity index (χ0v) is 15.1. The lowest BCUT2D eigenvalue weighted by Gasteiger charge is -2.13. The number of halogens is 1. The van der Waals surface area contributed by atoms with Gasteiger partial charge in [0.05, 0.1) is 10.5 Å². The van der Waals surface area contributed by atoms with Crippen LogP contribution in [-0.2, 0) is 0 Å². The number of ketones is 1. The Bertz CT molecular complexity index is 721. The molecular weight excluding hydrogens is 342 g/mol. The minimum atomic E-state index is -0.488. The average molecular weight is 364 g/mol. The van der Waals surface area contributed by atoms with Gasteiger partial charge < -0.3 is 10.2 Å². The third-order valence-electron chi connectivity index (χ3n) is 3.59. The molecule has 7 heteroatoms. The van der Waals surface area contributed by atoms with E-state index in [1.54, 1.807) is 30.3 Å². The van der Waals surface area contributed by atoms with Crippen LogP contribution < -0.4 is 5.32 Å². The summed E-state index contributed by atoms with van der Waals surface area (Å²) < 4.78 is 0. The molecule has 0 saturated heterocycles. The lowest BCUT2D eigenvalue weighted by Crippen LogP contribution is -2.17. The summed E-state index contributed by atoms with van der Waals surface area (Å²) >= 11 is 0. The van der Waals surface area contributed by atoms with Gasteiger partial charge in [-0.05, 0) is 33.1 Å². The minimum absolute atomic E-state index is 0. The van der Waals surface area contributed by atoms with Crippen LogP contribution in [0.1, 0.15) is 22.3 Å². The third-order valence-corrected chi connectivity index (χ3v) is 3.59. The first-order valence-electron chi connectivity index (χ1n) is 7.76. The second kappa shape index (κ2) is 9.76. The molecular formula is C18H22ClN3O3. The van der Waals surface area contributed by atoms with Crippen LogP contribution in [0.15, 0.2) is 48.5 Å². The van der Waals surface area contributed by atoms with Gasteiger partial charge in [-0.2, -0.15) is 0 Å². The van der Waals surface area contributed by atoms with Gasteiger partial charge in [-0.3, -0.25) is 14.9 Å². The molecule has 134 valence electrons. The molecule has 0 bridgehead atoms. The summed E-state index contributed by atoms with van der Waals surface area (Å²) in [7, 11) is 3.99. The molecule has 0 atom stereocenters. The maximum atomic E-state index is 12.7. The van der Waals surface area contributed by atoms with Gasteiger partial charge in [0.25, 0.3) is 5.69 Å². The molecule has 0 aliphatic rings. The number of carbonyl (C=O) groups is 1. The highest BCUT2D eigenvalue weighted by molar-refractivity contribution is 6.12. The summed E-state index contributed by atoms with van der Waals surface area (Å²) in [6.45, 7) is 1.60. The summed E-state index contributed by atoms with van der Waals surface area (Å²) in [4.78, 5) is 25.3. The van der Waals surface area contributed by atoms with Crippen molar-refractivity contribution in [2.45, 2.75) is 6.42 Å². The molecule has 0 radical (unpaired) electrons. The number of nitrogens with one attached hydrogen (secondary N) is 1. The molecule has 25 heavy (non-hydrogen) atoms. The Balaban J connectivity index is 0.00000312. The summed E-state index contributed by atoms with van der Waals surface area (Å²) in [6, 6.07) is 13.1. The lowest BCUT2D eigenvalue weighted by molar-refractivity contribution is -0.384. The number of nitrogens with zero attached hydrogens (tertiary/aromatic N) is 2. The number of hydrogen-bond donors (Lipinski definition) is 1. The summed E-state index contributed by atoms with van der Waals surface area (Å²) in [5.74, 6) is -0.227. The standard InChI is InChI=1S/C18H21N3O3.ClH/c1-20(2)12-6-11-19-17-10-9-15(21(23)24)13-16(17)18(22)14-7-4-3-5-8-14;/h3-5,7-10,13,19H,6,11-12H2,1-2H3;1H. The molecule has 1 N–H and O–H groups in total. The van der Waals surface area contributed by atoms with E-state index < -0.39 is 4.92 Å². The molecule has 0 aliphatic heterocycles. The number of anilines is 1. The van der Waals surface area contributed by atoms with E-state index in [1.807, 2.05) is 20.2 Å². The normalized spacial score (nSPS) is 10.2.